The van der Waals surface area contributed by atoms with Crippen LogP contribution in [0.5, 0.6) is 5.75 Å². The minimum atomic E-state index is -3.56. The molecule has 8 nitrogen and oxygen atoms in total. The lowest BCUT2D eigenvalue weighted by molar-refractivity contribution is -0.115. The molecule has 0 spiro atoms. The van der Waals surface area contributed by atoms with E-state index >= 15 is 0 Å². The van der Waals surface area contributed by atoms with E-state index < -0.39 is 15.9 Å². The maximum Gasteiger partial charge on any atom is 0.250 e. The second-order valence-corrected chi connectivity index (χ2v) is 8.91. The van der Waals surface area contributed by atoms with Gasteiger partial charge in [-0.25, -0.2) is 8.42 Å². The number of sulfonamides is 1. The van der Waals surface area contributed by atoms with Gasteiger partial charge >= 0.3 is 0 Å². The molecule has 1 heterocycles. The van der Waals surface area contributed by atoms with Crippen molar-refractivity contribution in [2.24, 2.45) is 0 Å². The van der Waals surface area contributed by atoms with Crippen molar-refractivity contribution in [3.8, 4) is 5.75 Å². The van der Waals surface area contributed by atoms with Crippen LogP contribution in [0.1, 0.15) is 5.56 Å². The molecule has 0 atom stereocenters. The monoisotopic (exact) mass is 461 g/mol. The smallest absolute Gasteiger partial charge is 0.250 e. The van der Waals surface area contributed by atoms with Gasteiger partial charge in [0, 0.05) is 30.4 Å². The van der Waals surface area contributed by atoms with Gasteiger partial charge in [-0.05, 0) is 48.6 Å². The molecule has 2 N–H and O–H groups in total. The van der Waals surface area contributed by atoms with E-state index in [2.05, 4.69) is 10.6 Å². The molecule has 2 aromatic rings. The van der Waals surface area contributed by atoms with E-state index in [-0.39, 0.29) is 10.0 Å². The summed E-state index contributed by atoms with van der Waals surface area (Å²) in [5.41, 5.74) is 1.32. The molecule has 1 saturated heterocycles. The van der Waals surface area contributed by atoms with Gasteiger partial charge in [0.2, 0.25) is 15.9 Å². The number of nitrogens with one attached hydrogen (secondary N) is 2. The summed E-state index contributed by atoms with van der Waals surface area (Å²) in [7, 11) is -2.00. The Labute approximate surface area is 186 Å². The zero-order chi connectivity index (χ0) is 22.3. The average Bonchev–Trinajstić information content (AvgIpc) is 2.78. The van der Waals surface area contributed by atoms with Gasteiger partial charge in [-0.1, -0.05) is 18.2 Å². The van der Waals surface area contributed by atoms with Crippen LogP contribution in [0.15, 0.2) is 59.5 Å². The van der Waals surface area contributed by atoms with Crippen LogP contribution < -0.4 is 15.4 Å². The van der Waals surface area contributed by atoms with Gasteiger partial charge < -0.3 is 14.8 Å². The minimum Gasteiger partial charge on any atom is -0.496 e. The topological polar surface area (TPSA) is 97.0 Å². The van der Waals surface area contributed by atoms with Gasteiger partial charge in [0.1, 0.15) is 5.75 Å². The summed E-state index contributed by atoms with van der Waals surface area (Å²) in [4.78, 5) is 12.3. The van der Waals surface area contributed by atoms with Crippen LogP contribution in [-0.2, 0) is 19.6 Å². The summed E-state index contributed by atoms with van der Waals surface area (Å²) in [5.74, 6) is 0.245. The summed E-state index contributed by atoms with van der Waals surface area (Å²) in [6.07, 6.45) is 2.98. The Balaban J connectivity index is 1.57. The molecule has 3 rings (SSSR count). The quantitative estimate of drug-likeness (QED) is 0.503. The fraction of sp³-hybridized carbons (Fsp3) is 0.238. The number of methoxy groups -OCH3 is 1. The summed E-state index contributed by atoms with van der Waals surface area (Å²) in [5, 5.41) is 5.51. The number of para-hydroxylation sites is 1. The molecule has 0 aliphatic carbocycles. The molecule has 0 aromatic heterocycles. The number of hydrogen-bond donors (Lipinski definition) is 2. The third kappa shape index (κ3) is 6.11. The summed E-state index contributed by atoms with van der Waals surface area (Å²) in [6, 6.07) is 13.5. The normalized spacial score (nSPS) is 14.9. The maximum atomic E-state index is 12.7. The Morgan fingerprint density at radius 3 is 2.48 bits per heavy atom. The zero-order valence-corrected chi connectivity index (χ0v) is 18.5. The number of carbonyl (C=O) groups excluding carboxylic acids is 1. The number of anilines is 1. The molecule has 2 aromatic carbocycles. The van der Waals surface area contributed by atoms with Gasteiger partial charge in [-0.15, -0.1) is 0 Å². The third-order valence-corrected chi connectivity index (χ3v) is 6.63. The second-order valence-electron chi connectivity index (χ2n) is 6.56. The van der Waals surface area contributed by atoms with Crippen molar-refractivity contribution < 1.29 is 22.7 Å². The Morgan fingerprint density at radius 2 is 1.81 bits per heavy atom. The van der Waals surface area contributed by atoms with E-state index in [9.17, 15) is 13.2 Å². The van der Waals surface area contributed by atoms with Crippen LogP contribution in [0.3, 0.4) is 0 Å². The van der Waals surface area contributed by atoms with Gasteiger partial charge in [0.25, 0.3) is 0 Å². The van der Waals surface area contributed by atoms with Crippen molar-refractivity contribution in [3.05, 3.63) is 60.2 Å². The maximum absolute atomic E-state index is 12.7. The molecular weight excluding hydrogens is 438 g/mol. The molecule has 1 aliphatic rings. The standard InChI is InChI=1S/C21H23N3O5S2/c1-28-19-5-3-2-4-16(19)6-11-20(25)23-21(30)22-17-7-9-18(10-8-17)31(26,27)24-12-14-29-15-13-24/h2-11H,12-15H2,1H3,(H2,22,23,25,30). The number of amides is 1. The molecule has 31 heavy (non-hydrogen) atoms. The highest BCUT2D eigenvalue weighted by molar-refractivity contribution is 7.89. The lowest BCUT2D eigenvalue weighted by atomic mass is 10.2. The van der Waals surface area contributed by atoms with Crippen LogP contribution in [0.4, 0.5) is 5.69 Å². The lowest BCUT2D eigenvalue weighted by Crippen LogP contribution is -2.40. The summed E-state index contributed by atoms with van der Waals surface area (Å²) >= 11 is 5.16. The molecule has 0 radical (unpaired) electrons. The SMILES string of the molecule is COc1ccccc1C=CC(=O)NC(=S)Nc1ccc(S(=O)(=O)N2CCOCC2)cc1. The van der Waals surface area contributed by atoms with Gasteiger partial charge in [-0.3, -0.25) is 10.1 Å². The Kier molecular flexibility index (Phi) is 7.75. The fourth-order valence-electron chi connectivity index (χ4n) is 2.93. The van der Waals surface area contributed by atoms with E-state index in [0.29, 0.717) is 37.7 Å². The largest absolute Gasteiger partial charge is 0.496 e. The van der Waals surface area contributed by atoms with E-state index in [0.717, 1.165) is 5.56 Å². The van der Waals surface area contributed by atoms with E-state index in [1.54, 1.807) is 31.4 Å². The first-order chi connectivity index (χ1) is 14.9. The van der Waals surface area contributed by atoms with Crippen molar-refractivity contribution in [1.29, 1.82) is 0 Å². The lowest BCUT2D eigenvalue weighted by Gasteiger charge is -2.26. The highest BCUT2D eigenvalue weighted by atomic mass is 32.2. The van der Waals surface area contributed by atoms with Crippen LogP contribution in [0.2, 0.25) is 0 Å². The van der Waals surface area contributed by atoms with Crippen molar-refractivity contribution in [3.63, 3.8) is 0 Å². The zero-order valence-electron chi connectivity index (χ0n) is 16.9. The van der Waals surface area contributed by atoms with Crippen molar-refractivity contribution in [1.82, 2.24) is 9.62 Å². The van der Waals surface area contributed by atoms with Crippen LogP contribution in [-0.4, -0.2) is 57.2 Å². The Hall–Kier alpha value is -2.79. The van der Waals surface area contributed by atoms with Gasteiger partial charge in [-0.2, -0.15) is 4.31 Å². The number of thiocarbonyl (C=S) groups is 1. The van der Waals surface area contributed by atoms with E-state index in [4.69, 9.17) is 21.7 Å². The molecule has 0 saturated carbocycles. The van der Waals surface area contributed by atoms with E-state index in [1.807, 2.05) is 18.2 Å². The first-order valence-corrected chi connectivity index (χ1v) is 11.4. The molecular formula is C21H23N3O5S2. The first kappa shape index (κ1) is 22.9. The summed E-state index contributed by atoms with van der Waals surface area (Å²) in [6.45, 7) is 1.44. The average molecular weight is 462 g/mol. The number of morpholine rings is 1. The third-order valence-electron chi connectivity index (χ3n) is 4.51. The number of hydrogen-bond acceptors (Lipinski definition) is 6. The van der Waals surface area contributed by atoms with Crippen LogP contribution >= 0.6 is 12.2 Å². The number of ether oxygens (including phenoxy) is 2. The Morgan fingerprint density at radius 1 is 1.13 bits per heavy atom. The number of rotatable bonds is 6. The van der Waals surface area contributed by atoms with Crippen LogP contribution in [0.25, 0.3) is 6.08 Å². The minimum absolute atomic E-state index is 0.0958. The van der Waals surface area contributed by atoms with Gasteiger partial charge in [0.05, 0.1) is 25.2 Å². The number of carbonyl (C=O) groups is 1. The summed E-state index contributed by atoms with van der Waals surface area (Å²) < 4.78 is 37.1. The Bertz CT molecular complexity index is 1060. The molecule has 164 valence electrons. The number of benzene rings is 2. The predicted molar refractivity (Wildman–Crippen MR) is 122 cm³/mol. The fourth-order valence-corrected chi connectivity index (χ4v) is 4.56. The van der Waals surface area contributed by atoms with Crippen molar-refractivity contribution >= 4 is 45.0 Å². The van der Waals surface area contributed by atoms with E-state index in [1.165, 1.54) is 22.5 Å². The molecule has 1 fully saturated rings. The predicted octanol–water partition coefficient (Wildman–Crippen LogP) is 2.24. The van der Waals surface area contributed by atoms with Crippen molar-refractivity contribution in [2.45, 2.75) is 4.90 Å². The molecule has 1 aliphatic heterocycles. The highest BCUT2D eigenvalue weighted by Crippen LogP contribution is 2.20. The van der Waals surface area contributed by atoms with Gasteiger partial charge in [0.15, 0.2) is 5.11 Å². The molecule has 1 amide bonds. The molecule has 10 heteroatoms. The second kappa shape index (κ2) is 10.5. The van der Waals surface area contributed by atoms with Crippen LogP contribution in [0, 0.1) is 0 Å². The molecule has 0 bridgehead atoms. The van der Waals surface area contributed by atoms with Crippen molar-refractivity contribution in [2.75, 3.05) is 38.7 Å². The first-order valence-electron chi connectivity index (χ1n) is 9.51. The highest BCUT2D eigenvalue weighted by Gasteiger charge is 2.26. The molecule has 0 unspecified atom stereocenters. The number of nitrogens with zero attached hydrogens (tertiary/aromatic N) is 1.